The molecule has 0 aliphatic heterocycles. The summed E-state index contributed by atoms with van der Waals surface area (Å²) in [6.07, 6.45) is 2.47. The summed E-state index contributed by atoms with van der Waals surface area (Å²) in [5.41, 5.74) is 3.93. The number of aryl methyl sites for hydroxylation is 1. The van der Waals surface area contributed by atoms with Gasteiger partial charge in [-0.05, 0) is 60.6 Å². The molecule has 2 unspecified atom stereocenters. The second-order valence-electron chi connectivity index (χ2n) is 7.11. The summed E-state index contributed by atoms with van der Waals surface area (Å²) in [5, 5.41) is 6.59. The van der Waals surface area contributed by atoms with Gasteiger partial charge in [-0.3, -0.25) is 9.59 Å². The number of rotatable bonds is 6. The topological polar surface area (TPSA) is 58.2 Å². The van der Waals surface area contributed by atoms with E-state index in [1.165, 1.54) is 0 Å². The number of benzene rings is 2. The van der Waals surface area contributed by atoms with E-state index in [0.29, 0.717) is 22.2 Å². The Kier molecular flexibility index (Phi) is 5.85. The zero-order valence-electron chi connectivity index (χ0n) is 15.9. The molecule has 1 saturated carbocycles. The first kappa shape index (κ1) is 19.4. The lowest BCUT2D eigenvalue weighted by Crippen LogP contribution is -2.17. The highest BCUT2D eigenvalue weighted by Gasteiger charge is 2.39. The average Bonchev–Trinajstić information content (AvgIpc) is 3.39. The second kappa shape index (κ2) is 8.13. The fourth-order valence-corrected chi connectivity index (χ4v) is 3.60. The zero-order valence-corrected chi connectivity index (χ0v) is 16.7. The molecule has 2 amide bonds. The molecule has 3 rings (SSSR count). The predicted molar refractivity (Wildman–Crippen MR) is 111 cm³/mol. The molecule has 0 aromatic heterocycles. The molecule has 27 heavy (non-hydrogen) atoms. The molecule has 5 heteroatoms. The predicted octanol–water partition coefficient (Wildman–Crippen LogP) is 5.31. The van der Waals surface area contributed by atoms with Crippen molar-refractivity contribution in [3.05, 3.63) is 58.1 Å². The van der Waals surface area contributed by atoms with Crippen molar-refractivity contribution in [3.63, 3.8) is 0 Å². The van der Waals surface area contributed by atoms with Crippen molar-refractivity contribution in [2.24, 2.45) is 11.8 Å². The number of hydrogen-bond acceptors (Lipinski definition) is 2. The average molecular weight is 385 g/mol. The first-order chi connectivity index (χ1) is 12.9. The molecular formula is C22H25ClN2O2. The van der Waals surface area contributed by atoms with E-state index < -0.39 is 0 Å². The van der Waals surface area contributed by atoms with Gasteiger partial charge in [-0.1, -0.05) is 44.5 Å². The van der Waals surface area contributed by atoms with Gasteiger partial charge in [0.1, 0.15) is 0 Å². The van der Waals surface area contributed by atoms with Crippen LogP contribution in [-0.4, -0.2) is 11.8 Å². The van der Waals surface area contributed by atoms with Gasteiger partial charge in [0, 0.05) is 27.9 Å². The minimum atomic E-state index is -0.211. The van der Waals surface area contributed by atoms with E-state index in [2.05, 4.69) is 17.6 Å². The molecule has 0 spiro atoms. The maximum absolute atomic E-state index is 12.8. The van der Waals surface area contributed by atoms with Gasteiger partial charge in [-0.15, -0.1) is 0 Å². The summed E-state index contributed by atoms with van der Waals surface area (Å²) in [4.78, 5) is 25.0. The van der Waals surface area contributed by atoms with E-state index in [9.17, 15) is 9.59 Å². The third-order valence-corrected chi connectivity index (χ3v) is 5.51. The van der Waals surface area contributed by atoms with Gasteiger partial charge in [0.05, 0.1) is 0 Å². The molecule has 1 aliphatic rings. The summed E-state index contributed by atoms with van der Waals surface area (Å²) in [6, 6.07) is 10.9. The van der Waals surface area contributed by atoms with Crippen molar-refractivity contribution in [3.8, 4) is 0 Å². The Morgan fingerprint density at radius 1 is 1.11 bits per heavy atom. The van der Waals surface area contributed by atoms with Crippen molar-refractivity contribution >= 4 is 34.8 Å². The second-order valence-corrected chi connectivity index (χ2v) is 7.52. The van der Waals surface area contributed by atoms with Gasteiger partial charge in [-0.2, -0.15) is 0 Å². The van der Waals surface area contributed by atoms with E-state index >= 15 is 0 Å². The van der Waals surface area contributed by atoms with Crippen LogP contribution in [0.2, 0.25) is 5.02 Å². The van der Waals surface area contributed by atoms with Crippen LogP contribution < -0.4 is 10.6 Å². The number of carbonyl (C=O) groups excluding carboxylic acids is 2. The first-order valence-corrected chi connectivity index (χ1v) is 9.84. The Balaban J connectivity index is 1.80. The summed E-state index contributed by atoms with van der Waals surface area (Å²) in [7, 11) is 0. The SMILES string of the molecule is CCc1ccc(Cl)c(CC)c1NC(=O)c1cccc(NC(=O)C2CC2C)c1. The molecular weight excluding hydrogens is 360 g/mol. The fourth-order valence-electron chi connectivity index (χ4n) is 3.31. The first-order valence-electron chi connectivity index (χ1n) is 9.47. The van der Waals surface area contributed by atoms with E-state index in [1.807, 2.05) is 26.0 Å². The highest BCUT2D eigenvalue weighted by Crippen LogP contribution is 2.38. The molecule has 0 radical (unpaired) electrons. The summed E-state index contributed by atoms with van der Waals surface area (Å²) >= 11 is 6.32. The van der Waals surface area contributed by atoms with Crippen molar-refractivity contribution in [2.45, 2.75) is 40.0 Å². The third kappa shape index (κ3) is 4.33. The summed E-state index contributed by atoms with van der Waals surface area (Å²) in [6.45, 7) is 6.13. The third-order valence-electron chi connectivity index (χ3n) is 5.15. The van der Waals surface area contributed by atoms with E-state index in [0.717, 1.165) is 36.1 Å². The van der Waals surface area contributed by atoms with Crippen LogP contribution in [0.3, 0.4) is 0 Å². The molecule has 2 atom stereocenters. The Hall–Kier alpha value is -2.33. The number of hydrogen-bond donors (Lipinski definition) is 2. The van der Waals surface area contributed by atoms with Crippen LogP contribution >= 0.6 is 11.6 Å². The van der Waals surface area contributed by atoms with Crippen LogP contribution in [0, 0.1) is 11.8 Å². The molecule has 0 bridgehead atoms. The van der Waals surface area contributed by atoms with Gasteiger partial charge in [0.2, 0.25) is 5.91 Å². The van der Waals surface area contributed by atoms with E-state index in [4.69, 9.17) is 11.6 Å². The van der Waals surface area contributed by atoms with Crippen molar-refractivity contribution in [1.29, 1.82) is 0 Å². The molecule has 4 nitrogen and oxygen atoms in total. The van der Waals surface area contributed by atoms with Gasteiger partial charge < -0.3 is 10.6 Å². The van der Waals surface area contributed by atoms with E-state index in [1.54, 1.807) is 24.3 Å². The van der Waals surface area contributed by atoms with Crippen molar-refractivity contribution in [2.75, 3.05) is 10.6 Å². The highest BCUT2D eigenvalue weighted by molar-refractivity contribution is 6.32. The molecule has 0 saturated heterocycles. The number of halogens is 1. The summed E-state index contributed by atoms with van der Waals surface area (Å²) < 4.78 is 0. The minimum absolute atomic E-state index is 0.0245. The molecule has 2 aromatic carbocycles. The molecule has 142 valence electrons. The zero-order chi connectivity index (χ0) is 19.6. The Bertz CT molecular complexity index is 879. The van der Waals surface area contributed by atoms with Gasteiger partial charge in [0.25, 0.3) is 5.91 Å². The van der Waals surface area contributed by atoms with Crippen LogP contribution in [0.15, 0.2) is 36.4 Å². The number of nitrogens with one attached hydrogen (secondary N) is 2. The number of carbonyl (C=O) groups is 2. The normalized spacial score (nSPS) is 18.1. The van der Waals surface area contributed by atoms with Gasteiger partial charge in [-0.25, -0.2) is 0 Å². The molecule has 1 fully saturated rings. The van der Waals surface area contributed by atoms with Gasteiger partial charge in [0.15, 0.2) is 0 Å². The Labute approximate surface area is 165 Å². The van der Waals surface area contributed by atoms with Crippen LogP contribution in [0.5, 0.6) is 0 Å². The van der Waals surface area contributed by atoms with Crippen LogP contribution in [0.25, 0.3) is 0 Å². The van der Waals surface area contributed by atoms with Crippen molar-refractivity contribution < 1.29 is 9.59 Å². The smallest absolute Gasteiger partial charge is 0.255 e. The van der Waals surface area contributed by atoms with Crippen LogP contribution in [0.4, 0.5) is 11.4 Å². The lowest BCUT2D eigenvalue weighted by Gasteiger charge is -2.16. The minimum Gasteiger partial charge on any atom is -0.326 e. The Morgan fingerprint density at radius 3 is 2.48 bits per heavy atom. The standard InChI is InChI=1S/C22H25ClN2O2/c1-4-14-9-10-19(23)17(5-2)20(14)25-21(26)15-7-6-8-16(12-15)24-22(27)18-11-13(18)3/h6-10,12-13,18H,4-5,11H2,1-3H3,(H,24,27)(H,25,26). The highest BCUT2D eigenvalue weighted by atomic mass is 35.5. The lowest BCUT2D eigenvalue weighted by atomic mass is 10.0. The summed E-state index contributed by atoms with van der Waals surface area (Å²) in [5.74, 6) is 0.349. The quantitative estimate of drug-likeness (QED) is 0.708. The number of anilines is 2. The largest absolute Gasteiger partial charge is 0.326 e. The van der Waals surface area contributed by atoms with Crippen molar-refractivity contribution in [1.82, 2.24) is 0 Å². The maximum Gasteiger partial charge on any atom is 0.255 e. The molecule has 1 aliphatic carbocycles. The Morgan fingerprint density at radius 2 is 1.85 bits per heavy atom. The monoisotopic (exact) mass is 384 g/mol. The maximum atomic E-state index is 12.8. The molecule has 2 N–H and O–H groups in total. The lowest BCUT2D eigenvalue weighted by molar-refractivity contribution is -0.117. The van der Waals surface area contributed by atoms with E-state index in [-0.39, 0.29) is 17.7 Å². The van der Waals surface area contributed by atoms with Crippen LogP contribution in [-0.2, 0) is 17.6 Å². The fraction of sp³-hybridized carbons (Fsp3) is 0.364. The molecule has 0 heterocycles. The molecule has 2 aromatic rings. The number of amides is 2. The van der Waals surface area contributed by atoms with Crippen LogP contribution in [0.1, 0.15) is 48.7 Å². The van der Waals surface area contributed by atoms with Gasteiger partial charge >= 0.3 is 0 Å².